The van der Waals surface area contributed by atoms with Crippen LogP contribution in [0.15, 0.2) is 119 Å². The van der Waals surface area contributed by atoms with Crippen molar-refractivity contribution in [2.45, 2.75) is 24.0 Å². The lowest BCUT2D eigenvalue weighted by atomic mass is 10.0. The molecule has 0 fully saturated rings. The highest BCUT2D eigenvalue weighted by atomic mass is 32.2. The van der Waals surface area contributed by atoms with Crippen molar-refractivity contribution >= 4 is 63.6 Å². The van der Waals surface area contributed by atoms with Crippen LogP contribution in [0.1, 0.15) is 38.8 Å². The number of thiophene rings is 1. The number of hydrogen-bond acceptors (Lipinski definition) is 8. The van der Waals surface area contributed by atoms with Gasteiger partial charge < -0.3 is 25.4 Å². The van der Waals surface area contributed by atoms with E-state index in [1.807, 2.05) is 48.7 Å². The standard InChI is InChI=1S/C39H35N3O6S2/c1-24-17-19-26(20-18-24)31-23-49-38(34(31)39(46)48-4)42-35(43)25(2)50-30-15-10-14-29(22-30)40-37(45)32(21-28-13-8-9-16-33(28)47-3)41-36(44)27-11-6-5-7-12-27/h5-23,25H,1-4H3,(H,40,45)(H,41,44)(H,42,43)/b32-21+. The van der Waals surface area contributed by atoms with Gasteiger partial charge in [-0.2, -0.15) is 0 Å². The second-order valence-electron chi connectivity index (χ2n) is 11.1. The molecule has 0 saturated carbocycles. The highest BCUT2D eigenvalue weighted by molar-refractivity contribution is 8.00. The SMILES string of the molecule is COC(=O)c1c(-c2ccc(C)cc2)csc1NC(=O)C(C)Sc1cccc(NC(=O)/C(=C\c2ccccc2OC)NC(=O)c2ccccc2)c1. The second-order valence-corrected chi connectivity index (χ2v) is 13.4. The predicted molar refractivity (Wildman–Crippen MR) is 200 cm³/mol. The first-order chi connectivity index (χ1) is 24.2. The van der Waals surface area contributed by atoms with Crippen LogP contribution in [-0.2, 0) is 14.3 Å². The number of rotatable bonds is 12. The normalized spacial score (nSPS) is 11.6. The van der Waals surface area contributed by atoms with Gasteiger partial charge in [-0.05, 0) is 61.9 Å². The monoisotopic (exact) mass is 705 g/mol. The Morgan fingerprint density at radius 1 is 0.840 bits per heavy atom. The number of esters is 1. The fourth-order valence-electron chi connectivity index (χ4n) is 4.90. The molecular weight excluding hydrogens is 671 g/mol. The lowest BCUT2D eigenvalue weighted by Gasteiger charge is -2.15. The van der Waals surface area contributed by atoms with Gasteiger partial charge >= 0.3 is 5.97 Å². The van der Waals surface area contributed by atoms with Crippen LogP contribution < -0.4 is 20.7 Å². The molecule has 1 heterocycles. The molecule has 0 aliphatic carbocycles. The smallest absolute Gasteiger partial charge is 0.341 e. The van der Waals surface area contributed by atoms with Gasteiger partial charge in [-0.25, -0.2) is 4.79 Å². The van der Waals surface area contributed by atoms with E-state index in [4.69, 9.17) is 9.47 Å². The van der Waals surface area contributed by atoms with Gasteiger partial charge in [0, 0.05) is 32.7 Å². The van der Waals surface area contributed by atoms with Gasteiger partial charge in [0.2, 0.25) is 5.91 Å². The third kappa shape index (κ3) is 8.87. The summed E-state index contributed by atoms with van der Waals surface area (Å²) in [5, 5.41) is 10.2. The maximum Gasteiger partial charge on any atom is 0.341 e. The van der Waals surface area contributed by atoms with Crippen LogP contribution in [0, 0.1) is 6.92 Å². The molecule has 3 N–H and O–H groups in total. The Hall–Kier alpha value is -5.65. The van der Waals surface area contributed by atoms with Crippen molar-refractivity contribution in [2.24, 2.45) is 0 Å². The van der Waals surface area contributed by atoms with E-state index in [0.29, 0.717) is 43.6 Å². The van der Waals surface area contributed by atoms with Gasteiger partial charge in [-0.3, -0.25) is 14.4 Å². The van der Waals surface area contributed by atoms with Gasteiger partial charge in [0.15, 0.2) is 0 Å². The molecule has 0 bridgehead atoms. The molecule has 4 aromatic carbocycles. The number of carbonyl (C=O) groups excluding carboxylic acids is 4. The molecule has 0 radical (unpaired) electrons. The quantitative estimate of drug-likeness (QED) is 0.0682. The van der Waals surface area contributed by atoms with Crippen LogP contribution in [0.4, 0.5) is 10.7 Å². The molecule has 0 spiro atoms. The van der Waals surface area contributed by atoms with E-state index in [1.165, 1.54) is 37.3 Å². The number of nitrogens with one attached hydrogen (secondary N) is 3. The van der Waals surface area contributed by atoms with E-state index in [0.717, 1.165) is 11.1 Å². The van der Waals surface area contributed by atoms with Gasteiger partial charge in [0.25, 0.3) is 11.8 Å². The molecule has 1 unspecified atom stereocenters. The number of aryl methyl sites for hydroxylation is 1. The first kappa shape index (κ1) is 35.7. The van der Waals surface area contributed by atoms with Gasteiger partial charge in [-0.15, -0.1) is 23.1 Å². The fourth-order valence-corrected chi connectivity index (χ4v) is 6.79. The van der Waals surface area contributed by atoms with E-state index in [1.54, 1.807) is 79.7 Å². The summed E-state index contributed by atoms with van der Waals surface area (Å²) in [5.74, 6) is -1.31. The maximum atomic E-state index is 13.6. The zero-order chi connectivity index (χ0) is 35.6. The van der Waals surface area contributed by atoms with E-state index >= 15 is 0 Å². The Balaban J connectivity index is 1.31. The van der Waals surface area contributed by atoms with Crippen LogP contribution in [-0.4, -0.2) is 43.2 Å². The molecule has 1 atom stereocenters. The van der Waals surface area contributed by atoms with Crippen molar-refractivity contribution in [3.05, 3.63) is 136 Å². The highest BCUT2D eigenvalue weighted by Gasteiger charge is 2.24. The third-order valence-electron chi connectivity index (χ3n) is 7.52. The van der Waals surface area contributed by atoms with Crippen LogP contribution in [0.25, 0.3) is 17.2 Å². The Morgan fingerprint density at radius 3 is 2.28 bits per heavy atom. The largest absolute Gasteiger partial charge is 0.496 e. The molecule has 5 rings (SSSR count). The van der Waals surface area contributed by atoms with Crippen LogP contribution in [0.2, 0.25) is 0 Å². The van der Waals surface area contributed by atoms with Crippen molar-refractivity contribution in [3.63, 3.8) is 0 Å². The molecule has 0 saturated heterocycles. The topological polar surface area (TPSA) is 123 Å². The van der Waals surface area contributed by atoms with Gasteiger partial charge in [0.1, 0.15) is 22.0 Å². The van der Waals surface area contributed by atoms with Crippen molar-refractivity contribution in [1.29, 1.82) is 0 Å². The highest BCUT2D eigenvalue weighted by Crippen LogP contribution is 2.37. The number of ether oxygens (including phenoxy) is 2. The van der Waals surface area contributed by atoms with Gasteiger partial charge in [-0.1, -0.05) is 72.3 Å². The molecular formula is C39H35N3O6S2. The van der Waals surface area contributed by atoms with Crippen LogP contribution in [0.5, 0.6) is 5.75 Å². The van der Waals surface area contributed by atoms with E-state index < -0.39 is 23.0 Å². The lowest BCUT2D eigenvalue weighted by Crippen LogP contribution is -2.30. The molecule has 0 aliphatic rings. The number of para-hydroxylation sites is 1. The maximum absolute atomic E-state index is 13.6. The molecule has 9 nitrogen and oxygen atoms in total. The number of anilines is 2. The number of thioether (sulfide) groups is 1. The zero-order valence-electron chi connectivity index (χ0n) is 27.8. The van der Waals surface area contributed by atoms with Crippen molar-refractivity contribution in [2.75, 3.05) is 24.9 Å². The van der Waals surface area contributed by atoms with Gasteiger partial charge in [0.05, 0.1) is 19.5 Å². The number of methoxy groups -OCH3 is 2. The first-order valence-electron chi connectivity index (χ1n) is 15.5. The molecule has 1 aromatic heterocycles. The molecule has 50 heavy (non-hydrogen) atoms. The predicted octanol–water partition coefficient (Wildman–Crippen LogP) is 8.05. The summed E-state index contributed by atoms with van der Waals surface area (Å²) < 4.78 is 10.5. The molecule has 254 valence electrons. The van der Waals surface area contributed by atoms with Crippen LogP contribution >= 0.6 is 23.1 Å². The first-order valence-corrected chi connectivity index (χ1v) is 17.3. The summed E-state index contributed by atoms with van der Waals surface area (Å²) in [5.41, 5.74) is 4.38. The molecule has 11 heteroatoms. The number of amides is 3. The molecule has 0 aliphatic heterocycles. The summed E-state index contributed by atoms with van der Waals surface area (Å²) in [7, 11) is 2.84. The van der Waals surface area contributed by atoms with Crippen molar-refractivity contribution < 1.29 is 28.7 Å². The minimum Gasteiger partial charge on any atom is -0.496 e. The van der Waals surface area contributed by atoms with Crippen molar-refractivity contribution in [3.8, 4) is 16.9 Å². The minimum atomic E-state index is -0.567. The van der Waals surface area contributed by atoms with Crippen molar-refractivity contribution in [1.82, 2.24) is 5.32 Å². The molecule has 3 amide bonds. The summed E-state index contributed by atoms with van der Waals surface area (Å²) >= 11 is 2.54. The van der Waals surface area contributed by atoms with E-state index in [9.17, 15) is 19.2 Å². The van der Waals surface area contributed by atoms with E-state index in [-0.39, 0.29) is 11.6 Å². The van der Waals surface area contributed by atoms with E-state index in [2.05, 4.69) is 16.0 Å². The average Bonchev–Trinajstić information content (AvgIpc) is 3.55. The molecule has 5 aromatic rings. The summed E-state index contributed by atoms with van der Waals surface area (Å²) in [4.78, 5) is 53.6. The number of hydrogen-bond donors (Lipinski definition) is 3. The Labute approximate surface area is 298 Å². The number of carbonyl (C=O) groups is 4. The zero-order valence-corrected chi connectivity index (χ0v) is 29.4. The second kappa shape index (κ2) is 16.6. The Kier molecular flexibility index (Phi) is 11.9. The lowest BCUT2D eigenvalue weighted by molar-refractivity contribution is -0.115. The minimum absolute atomic E-state index is 0.0107. The Morgan fingerprint density at radius 2 is 1.56 bits per heavy atom. The Bertz CT molecular complexity index is 2040. The average molecular weight is 706 g/mol. The van der Waals surface area contributed by atoms with Crippen LogP contribution in [0.3, 0.4) is 0 Å². The number of benzene rings is 4. The summed E-state index contributed by atoms with van der Waals surface area (Å²) in [6.07, 6.45) is 1.55. The fraction of sp³-hybridized carbons (Fsp3) is 0.128. The summed E-state index contributed by atoms with van der Waals surface area (Å²) in [6.45, 7) is 3.74. The third-order valence-corrected chi connectivity index (χ3v) is 9.51. The summed E-state index contributed by atoms with van der Waals surface area (Å²) in [6, 6.07) is 30.6.